The maximum Gasteiger partial charge on any atom is 0.225 e. The van der Waals surface area contributed by atoms with E-state index in [9.17, 15) is 4.79 Å². The minimum Gasteiger partial charge on any atom is -0.356 e. The number of unbranched alkanes of at least 4 members (excludes halogenated alkanes) is 1. The minimum absolute atomic E-state index is 0.138. The standard InChI is InChI=1S/C12H25NO/c1-5-8-10-12(4,9-6-2)11(14)13-7-3/h5-10H2,1-4H3,(H,13,14). The van der Waals surface area contributed by atoms with Gasteiger partial charge in [-0.05, 0) is 19.8 Å². The molecule has 0 radical (unpaired) electrons. The summed E-state index contributed by atoms with van der Waals surface area (Å²) in [5.74, 6) is 0.232. The van der Waals surface area contributed by atoms with Crippen LogP contribution in [-0.2, 0) is 4.79 Å². The average molecular weight is 199 g/mol. The highest BCUT2D eigenvalue weighted by Crippen LogP contribution is 2.29. The number of hydrogen-bond donors (Lipinski definition) is 1. The van der Waals surface area contributed by atoms with Crippen molar-refractivity contribution >= 4 is 5.91 Å². The largest absolute Gasteiger partial charge is 0.356 e. The van der Waals surface area contributed by atoms with Gasteiger partial charge in [-0.1, -0.05) is 40.0 Å². The fourth-order valence-corrected chi connectivity index (χ4v) is 1.84. The fraction of sp³-hybridized carbons (Fsp3) is 0.917. The molecule has 0 bridgehead atoms. The molecule has 0 aliphatic rings. The van der Waals surface area contributed by atoms with Crippen LogP contribution in [0, 0.1) is 5.41 Å². The molecule has 2 heteroatoms. The molecule has 0 aliphatic carbocycles. The molecule has 0 spiro atoms. The van der Waals surface area contributed by atoms with E-state index in [0.717, 1.165) is 32.2 Å². The van der Waals surface area contributed by atoms with Crippen LogP contribution in [0.4, 0.5) is 0 Å². The molecule has 14 heavy (non-hydrogen) atoms. The Bertz CT molecular complexity index is 168. The van der Waals surface area contributed by atoms with Gasteiger partial charge in [0.1, 0.15) is 0 Å². The molecule has 84 valence electrons. The number of hydrogen-bond acceptors (Lipinski definition) is 1. The van der Waals surface area contributed by atoms with Crippen molar-refractivity contribution in [2.45, 2.75) is 59.8 Å². The smallest absolute Gasteiger partial charge is 0.225 e. The van der Waals surface area contributed by atoms with E-state index >= 15 is 0 Å². The van der Waals surface area contributed by atoms with Gasteiger partial charge in [0.05, 0.1) is 0 Å². The first-order valence-electron chi connectivity index (χ1n) is 5.89. The molecule has 0 aromatic heterocycles. The summed E-state index contributed by atoms with van der Waals surface area (Å²) in [5, 5.41) is 2.94. The quantitative estimate of drug-likeness (QED) is 0.670. The van der Waals surface area contributed by atoms with Crippen LogP contribution in [0.25, 0.3) is 0 Å². The monoisotopic (exact) mass is 199 g/mol. The topological polar surface area (TPSA) is 29.1 Å². The Balaban J connectivity index is 4.28. The van der Waals surface area contributed by atoms with Crippen LogP contribution in [0.1, 0.15) is 59.8 Å². The summed E-state index contributed by atoms with van der Waals surface area (Å²) >= 11 is 0. The normalized spacial score (nSPS) is 14.9. The molecule has 0 aromatic rings. The summed E-state index contributed by atoms with van der Waals surface area (Å²) in [5.41, 5.74) is -0.138. The minimum atomic E-state index is -0.138. The second kappa shape index (κ2) is 6.86. The van der Waals surface area contributed by atoms with E-state index in [1.807, 2.05) is 6.92 Å². The molecule has 0 aromatic carbocycles. The highest BCUT2D eigenvalue weighted by atomic mass is 16.2. The lowest BCUT2D eigenvalue weighted by Crippen LogP contribution is -2.38. The zero-order chi connectivity index (χ0) is 11.0. The Kier molecular flexibility index (Phi) is 6.60. The Labute approximate surface area is 88.5 Å². The number of nitrogens with one attached hydrogen (secondary N) is 1. The van der Waals surface area contributed by atoms with Crippen molar-refractivity contribution in [2.24, 2.45) is 5.41 Å². The molecule has 0 saturated carbocycles. The lowest BCUT2D eigenvalue weighted by atomic mass is 9.80. The number of amides is 1. The van der Waals surface area contributed by atoms with Crippen LogP contribution in [0.2, 0.25) is 0 Å². The number of rotatable bonds is 7. The molecule has 1 unspecified atom stereocenters. The van der Waals surface area contributed by atoms with Gasteiger partial charge in [-0.2, -0.15) is 0 Å². The van der Waals surface area contributed by atoms with Crippen LogP contribution in [0.15, 0.2) is 0 Å². The molecule has 1 N–H and O–H groups in total. The summed E-state index contributed by atoms with van der Waals surface area (Å²) in [4.78, 5) is 11.8. The van der Waals surface area contributed by atoms with E-state index in [2.05, 4.69) is 26.1 Å². The summed E-state index contributed by atoms with van der Waals surface area (Å²) in [6.07, 6.45) is 5.41. The van der Waals surface area contributed by atoms with Crippen molar-refractivity contribution in [3.8, 4) is 0 Å². The van der Waals surface area contributed by atoms with Crippen molar-refractivity contribution in [3.63, 3.8) is 0 Å². The third kappa shape index (κ3) is 4.12. The lowest BCUT2D eigenvalue weighted by molar-refractivity contribution is -0.131. The third-order valence-corrected chi connectivity index (χ3v) is 2.77. The maximum atomic E-state index is 11.8. The van der Waals surface area contributed by atoms with Gasteiger partial charge in [0.2, 0.25) is 5.91 Å². The van der Waals surface area contributed by atoms with Gasteiger partial charge < -0.3 is 5.32 Å². The zero-order valence-electron chi connectivity index (χ0n) is 10.2. The molecule has 1 atom stereocenters. The van der Waals surface area contributed by atoms with Gasteiger partial charge in [-0.25, -0.2) is 0 Å². The molecule has 0 rings (SSSR count). The fourth-order valence-electron chi connectivity index (χ4n) is 1.84. The summed E-state index contributed by atoms with van der Waals surface area (Å²) < 4.78 is 0. The van der Waals surface area contributed by atoms with Crippen molar-refractivity contribution in [2.75, 3.05) is 6.54 Å². The maximum absolute atomic E-state index is 11.8. The molecule has 2 nitrogen and oxygen atoms in total. The van der Waals surface area contributed by atoms with Crippen LogP contribution < -0.4 is 5.32 Å². The third-order valence-electron chi connectivity index (χ3n) is 2.77. The Morgan fingerprint density at radius 3 is 2.21 bits per heavy atom. The van der Waals surface area contributed by atoms with Crippen LogP contribution in [-0.4, -0.2) is 12.5 Å². The first-order valence-corrected chi connectivity index (χ1v) is 5.89. The van der Waals surface area contributed by atoms with E-state index in [1.165, 1.54) is 6.42 Å². The Morgan fingerprint density at radius 2 is 1.79 bits per heavy atom. The van der Waals surface area contributed by atoms with Gasteiger partial charge >= 0.3 is 0 Å². The molecule has 0 heterocycles. The highest BCUT2D eigenvalue weighted by Gasteiger charge is 2.30. The van der Waals surface area contributed by atoms with Gasteiger partial charge in [0.25, 0.3) is 0 Å². The molecular formula is C12H25NO. The Hall–Kier alpha value is -0.530. The second-order valence-electron chi connectivity index (χ2n) is 4.27. The predicted octanol–water partition coefficient (Wildman–Crippen LogP) is 3.12. The van der Waals surface area contributed by atoms with Crippen LogP contribution >= 0.6 is 0 Å². The Morgan fingerprint density at radius 1 is 1.14 bits per heavy atom. The van der Waals surface area contributed by atoms with E-state index in [1.54, 1.807) is 0 Å². The number of carbonyl (C=O) groups excluding carboxylic acids is 1. The molecule has 0 saturated heterocycles. The van der Waals surface area contributed by atoms with Crippen molar-refractivity contribution in [1.29, 1.82) is 0 Å². The molecule has 1 amide bonds. The van der Waals surface area contributed by atoms with Crippen molar-refractivity contribution in [3.05, 3.63) is 0 Å². The van der Waals surface area contributed by atoms with Crippen molar-refractivity contribution < 1.29 is 4.79 Å². The zero-order valence-corrected chi connectivity index (χ0v) is 10.2. The first kappa shape index (κ1) is 13.5. The highest BCUT2D eigenvalue weighted by molar-refractivity contribution is 5.82. The van der Waals surface area contributed by atoms with Crippen molar-refractivity contribution in [1.82, 2.24) is 5.32 Å². The summed E-state index contributed by atoms with van der Waals surface area (Å²) in [6, 6.07) is 0. The first-order chi connectivity index (χ1) is 6.60. The SMILES string of the molecule is CCCCC(C)(CCC)C(=O)NCC. The number of carbonyl (C=O) groups is 1. The van der Waals surface area contributed by atoms with Crippen LogP contribution in [0.5, 0.6) is 0 Å². The molecule has 0 fully saturated rings. The lowest BCUT2D eigenvalue weighted by Gasteiger charge is -2.27. The second-order valence-corrected chi connectivity index (χ2v) is 4.27. The molecular weight excluding hydrogens is 174 g/mol. The van der Waals surface area contributed by atoms with Gasteiger partial charge in [0.15, 0.2) is 0 Å². The average Bonchev–Trinajstić information content (AvgIpc) is 2.15. The van der Waals surface area contributed by atoms with E-state index in [-0.39, 0.29) is 11.3 Å². The van der Waals surface area contributed by atoms with Crippen LogP contribution in [0.3, 0.4) is 0 Å². The van der Waals surface area contributed by atoms with E-state index in [4.69, 9.17) is 0 Å². The molecule has 0 aliphatic heterocycles. The summed E-state index contributed by atoms with van der Waals surface area (Å²) in [6.45, 7) is 9.12. The summed E-state index contributed by atoms with van der Waals surface area (Å²) in [7, 11) is 0. The predicted molar refractivity (Wildman–Crippen MR) is 61.2 cm³/mol. The van der Waals surface area contributed by atoms with Gasteiger partial charge in [-0.15, -0.1) is 0 Å². The van der Waals surface area contributed by atoms with Gasteiger partial charge in [-0.3, -0.25) is 4.79 Å². The van der Waals surface area contributed by atoms with Gasteiger partial charge in [0, 0.05) is 12.0 Å². The van der Waals surface area contributed by atoms with E-state index < -0.39 is 0 Å². The van der Waals surface area contributed by atoms with E-state index in [0.29, 0.717) is 0 Å².